The minimum absolute atomic E-state index is 0.712. The maximum absolute atomic E-state index is 8.74. The van der Waals surface area contributed by atoms with Crippen molar-refractivity contribution < 1.29 is 0 Å². The zero-order valence-corrected chi connectivity index (χ0v) is 8.29. The normalized spacial score (nSPS) is 10.0. The molecule has 0 saturated carbocycles. The van der Waals surface area contributed by atoms with Crippen LogP contribution in [0.2, 0.25) is 0 Å². The van der Waals surface area contributed by atoms with E-state index in [0.29, 0.717) is 5.56 Å². The van der Waals surface area contributed by atoms with E-state index in [1.165, 1.54) is 0 Å². The van der Waals surface area contributed by atoms with Crippen molar-refractivity contribution in [2.45, 2.75) is 0 Å². The van der Waals surface area contributed by atoms with Crippen molar-refractivity contribution in [1.82, 2.24) is 4.98 Å². The Labute approximate surface area is 83.3 Å². The molecule has 0 aliphatic heterocycles. The lowest BCUT2D eigenvalue weighted by atomic mass is 10.2. The Bertz CT molecular complexity index is 465. The second-order valence-electron chi connectivity index (χ2n) is 2.50. The van der Waals surface area contributed by atoms with E-state index < -0.39 is 0 Å². The molecule has 1 N–H and O–H groups in total. The lowest BCUT2D eigenvalue weighted by Gasteiger charge is -1.90. The fourth-order valence-electron chi connectivity index (χ4n) is 1.19. The molecule has 1 heterocycles. The fraction of sp³-hybridized carbons (Fsp3) is 0. The molecule has 0 spiro atoms. The second kappa shape index (κ2) is 2.79. The van der Waals surface area contributed by atoms with Gasteiger partial charge in [0.25, 0.3) is 0 Å². The summed E-state index contributed by atoms with van der Waals surface area (Å²) in [4.78, 5) is 3.04. The third-order valence-electron chi connectivity index (χ3n) is 1.76. The summed E-state index contributed by atoms with van der Waals surface area (Å²) in [5.74, 6) is 0. The van der Waals surface area contributed by atoms with Gasteiger partial charge in [-0.05, 0) is 40.8 Å². The quantitative estimate of drug-likeness (QED) is 0.733. The number of aromatic amines is 1. The third-order valence-corrected chi connectivity index (χ3v) is 2.44. The van der Waals surface area contributed by atoms with Gasteiger partial charge in [0, 0.05) is 20.7 Å². The molecule has 12 heavy (non-hydrogen) atoms. The number of nitrogens with zero attached hydrogens (tertiary/aromatic N) is 1. The summed E-state index contributed by atoms with van der Waals surface area (Å²) in [5.41, 5.74) is 1.73. The summed E-state index contributed by atoms with van der Waals surface area (Å²) in [5, 5.41) is 9.75. The van der Waals surface area contributed by atoms with Crippen LogP contribution in [0.4, 0.5) is 0 Å². The van der Waals surface area contributed by atoms with Crippen molar-refractivity contribution in [3.8, 4) is 6.07 Å². The van der Waals surface area contributed by atoms with E-state index in [9.17, 15) is 0 Å². The standard InChI is InChI=1S/C9H5IN2/c10-7-1-2-9-8(3-7)6(4-11)5-12-9/h1-3,5,12H. The van der Waals surface area contributed by atoms with Gasteiger partial charge in [0.15, 0.2) is 0 Å². The van der Waals surface area contributed by atoms with Crippen molar-refractivity contribution in [3.05, 3.63) is 33.5 Å². The molecule has 1 aromatic carbocycles. The van der Waals surface area contributed by atoms with E-state index in [2.05, 4.69) is 33.6 Å². The Hall–Kier alpha value is -1.02. The predicted octanol–water partition coefficient (Wildman–Crippen LogP) is 2.64. The molecule has 0 bridgehead atoms. The van der Waals surface area contributed by atoms with Crippen molar-refractivity contribution in [3.63, 3.8) is 0 Å². The number of H-pyrrole nitrogens is 1. The minimum Gasteiger partial charge on any atom is -0.360 e. The van der Waals surface area contributed by atoms with Crippen LogP contribution in [0.15, 0.2) is 24.4 Å². The van der Waals surface area contributed by atoms with Gasteiger partial charge in [-0.25, -0.2) is 0 Å². The Morgan fingerprint density at radius 2 is 2.25 bits per heavy atom. The van der Waals surface area contributed by atoms with E-state index in [1.54, 1.807) is 6.20 Å². The largest absolute Gasteiger partial charge is 0.360 e. The summed E-state index contributed by atoms with van der Waals surface area (Å²) in [6.07, 6.45) is 1.74. The number of rotatable bonds is 0. The highest BCUT2D eigenvalue weighted by atomic mass is 127. The summed E-state index contributed by atoms with van der Waals surface area (Å²) >= 11 is 2.24. The number of aromatic nitrogens is 1. The number of nitriles is 1. The van der Waals surface area contributed by atoms with Gasteiger partial charge < -0.3 is 4.98 Å². The van der Waals surface area contributed by atoms with Gasteiger partial charge in [-0.15, -0.1) is 0 Å². The highest BCUT2D eigenvalue weighted by molar-refractivity contribution is 14.1. The number of halogens is 1. The van der Waals surface area contributed by atoms with Crippen LogP contribution in [0.5, 0.6) is 0 Å². The SMILES string of the molecule is N#Cc1c[nH]c2ccc(I)cc12. The Kier molecular flexibility index (Phi) is 1.77. The van der Waals surface area contributed by atoms with Crippen molar-refractivity contribution in [1.29, 1.82) is 5.26 Å². The van der Waals surface area contributed by atoms with Gasteiger partial charge in [0.2, 0.25) is 0 Å². The van der Waals surface area contributed by atoms with E-state index in [0.717, 1.165) is 14.5 Å². The molecule has 0 aliphatic rings. The van der Waals surface area contributed by atoms with Crippen LogP contribution < -0.4 is 0 Å². The number of hydrogen-bond donors (Lipinski definition) is 1. The van der Waals surface area contributed by atoms with Crippen molar-refractivity contribution in [2.24, 2.45) is 0 Å². The summed E-state index contributed by atoms with van der Waals surface area (Å²) in [6.45, 7) is 0. The van der Waals surface area contributed by atoms with E-state index >= 15 is 0 Å². The average Bonchev–Trinajstić information content (AvgIpc) is 2.46. The Balaban J connectivity index is 2.86. The van der Waals surface area contributed by atoms with Gasteiger partial charge in [-0.2, -0.15) is 5.26 Å². The topological polar surface area (TPSA) is 39.6 Å². The Morgan fingerprint density at radius 3 is 3.00 bits per heavy atom. The van der Waals surface area contributed by atoms with E-state index in [-0.39, 0.29) is 0 Å². The second-order valence-corrected chi connectivity index (χ2v) is 3.75. The first-order valence-corrected chi connectivity index (χ1v) is 4.56. The average molecular weight is 268 g/mol. The summed E-state index contributed by atoms with van der Waals surface area (Å²) in [7, 11) is 0. The van der Waals surface area contributed by atoms with E-state index in [4.69, 9.17) is 5.26 Å². The molecule has 0 saturated heterocycles. The lowest BCUT2D eigenvalue weighted by Crippen LogP contribution is -1.72. The number of benzene rings is 1. The lowest BCUT2D eigenvalue weighted by molar-refractivity contribution is 1.45. The Morgan fingerprint density at radius 1 is 1.42 bits per heavy atom. The predicted molar refractivity (Wildman–Crippen MR) is 55.7 cm³/mol. The molecule has 1 aromatic heterocycles. The van der Waals surface area contributed by atoms with Gasteiger partial charge in [0.1, 0.15) is 6.07 Å². The highest BCUT2D eigenvalue weighted by Crippen LogP contribution is 2.19. The van der Waals surface area contributed by atoms with Crippen LogP contribution in [0, 0.1) is 14.9 Å². The molecule has 58 valence electrons. The summed E-state index contributed by atoms with van der Waals surface area (Å²) < 4.78 is 1.15. The first kappa shape index (κ1) is 7.62. The van der Waals surface area contributed by atoms with Crippen LogP contribution in [0.25, 0.3) is 10.9 Å². The maximum atomic E-state index is 8.74. The molecular weight excluding hydrogens is 263 g/mol. The first-order valence-electron chi connectivity index (χ1n) is 3.48. The zero-order chi connectivity index (χ0) is 8.55. The molecule has 2 rings (SSSR count). The van der Waals surface area contributed by atoms with E-state index in [1.807, 2.05) is 18.2 Å². The highest BCUT2D eigenvalue weighted by Gasteiger charge is 2.01. The number of hydrogen-bond acceptors (Lipinski definition) is 1. The number of nitrogens with one attached hydrogen (secondary N) is 1. The molecule has 0 aliphatic carbocycles. The minimum atomic E-state index is 0.712. The van der Waals surface area contributed by atoms with Crippen molar-refractivity contribution >= 4 is 33.5 Å². The molecular formula is C9H5IN2. The van der Waals surface area contributed by atoms with Crippen LogP contribution in [0.3, 0.4) is 0 Å². The van der Waals surface area contributed by atoms with Crippen LogP contribution in [-0.2, 0) is 0 Å². The van der Waals surface area contributed by atoms with Gasteiger partial charge in [0.05, 0.1) is 5.56 Å². The van der Waals surface area contributed by atoms with Crippen LogP contribution in [-0.4, -0.2) is 4.98 Å². The molecule has 3 heteroatoms. The molecule has 0 fully saturated rings. The fourth-order valence-corrected chi connectivity index (χ4v) is 1.68. The first-order chi connectivity index (χ1) is 5.81. The van der Waals surface area contributed by atoms with Crippen LogP contribution in [0.1, 0.15) is 5.56 Å². The maximum Gasteiger partial charge on any atom is 0.101 e. The zero-order valence-electron chi connectivity index (χ0n) is 6.13. The van der Waals surface area contributed by atoms with Crippen LogP contribution >= 0.6 is 22.6 Å². The molecule has 0 radical (unpaired) electrons. The molecule has 2 nitrogen and oxygen atoms in total. The monoisotopic (exact) mass is 268 g/mol. The van der Waals surface area contributed by atoms with Crippen molar-refractivity contribution in [2.75, 3.05) is 0 Å². The van der Waals surface area contributed by atoms with Gasteiger partial charge >= 0.3 is 0 Å². The van der Waals surface area contributed by atoms with Gasteiger partial charge in [-0.3, -0.25) is 0 Å². The molecule has 2 aromatic rings. The summed E-state index contributed by atoms with van der Waals surface area (Å²) in [6, 6.07) is 8.15. The van der Waals surface area contributed by atoms with Gasteiger partial charge in [-0.1, -0.05) is 0 Å². The third kappa shape index (κ3) is 1.08. The molecule has 0 amide bonds. The molecule has 0 unspecified atom stereocenters. The smallest absolute Gasteiger partial charge is 0.101 e. The molecule has 0 atom stereocenters. The number of fused-ring (bicyclic) bond motifs is 1.